The van der Waals surface area contributed by atoms with Crippen LogP contribution in [0.1, 0.15) is 209 Å². The van der Waals surface area contributed by atoms with Crippen LogP contribution in [0.5, 0.6) is 0 Å². The predicted octanol–water partition coefficient (Wildman–Crippen LogP) is 9.11. The number of hydrogen-bond acceptors (Lipinski definition) is 18. The summed E-state index contributed by atoms with van der Waals surface area (Å²) < 4.78 is 65.7. The molecule has 416 valence electrons. The molecule has 3 saturated heterocycles. The van der Waals surface area contributed by atoms with Gasteiger partial charge in [0.15, 0.2) is 24.6 Å². The number of rotatable bonds is 34. The third-order valence-electron chi connectivity index (χ3n) is 13.9. The number of cyclic esters (lactones) is 1. The van der Waals surface area contributed by atoms with Gasteiger partial charge in [0.25, 0.3) is 0 Å². The van der Waals surface area contributed by atoms with Gasteiger partial charge >= 0.3 is 41.8 Å². The number of hydrogen-bond donors (Lipinski definition) is 0. The summed E-state index contributed by atoms with van der Waals surface area (Å²) in [6.07, 6.45) is 13.8. The van der Waals surface area contributed by atoms with Gasteiger partial charge in [-0.25, -0.2) is 4.79 Å². The first kappa shape index (κ1) is 61.4. The maximum atomic E-state index is 12.7. The second-order valence-electron chi connectivity index (χ2n) is 20.4. The summed E-state index contributed by atoms with van der Waals surface area (Å²) in [6.45, 7) is 11.2. The molecule has 13 atom stereocenters. The molecule has 0 unspecified atom stereocenters. The van der Waals surface area contributed by atoms with Crippen LogP contribution in [0.25, 0.3) is 0 Å². The Hall–Kier alpha value is -4.13. The van der Waals surface area contributed by atoms with E-state index in [2.05, 4.69) is 6.92 Å². The van der Waals surface area contributed by atoms with E-state index in [0.717, 1.165) is 96.5 Å². The van der Waals surface area contributed by atoms with Crippen LogP contribution in [0.15, 0.2) is 11.6 Å². The molecule has 18 nitrogen and oxygen atoms in total. The van der Waals surface area contributed by atoms with Gasteiger partial charge in [0, 0.05) is 47.1 Å². The molecule has 0 N–H and O–H groups in total. The second kappa shape index (κ2) is 33.0. The highest BCUT2D eigenvalue weighted by molar-refractivity contribution is 5.90. The fourth-order valence-corrected chi connectivity index (χ4v) is 10.6. The van der Waals surface area contributed by atoms with E-state index >= 15 is 0 Å². The summed E-state index contributed by atoms with van der Waals surface area (Å²) in [5, 5.41) is 0. The minimum absolute atomic E-state index is 0.106. The highest BCUT2D eigenvalue weighted by atomic mass is 16.7. The highest BCUT2D eigenvalue weighted by Gasteiger charge is 2.54. The predicted molar refractivity (Wildman–Crippen MR) is 265 cm³/mol. The zero-order valence-corrected chi connectivity index (χ0v) is 45.1. The number of esters is 7. The summed E-state index contributed by atoms with van der Waals surface area (Å²) in [5.74, 6) is -3.74. The average Bonchev–Trinajstić information content (AvgIpc) is 4.08. The van der Waals surface area contributed by atoms with Crippen LogP contribution < -0.4 is 0 Å². The Morgan fingerprint density at radius 3 is 1.60 bits per heavy atom. The van der Waals surface area contributed by atoms with Gasteiger partial charge in [-0.1, -0.05) is 77.6 Å². The van der Waals surface area contributed by atoms with Crippen molar-refractivity contribution in [2.24, 2.45) is 0 Å². The molecule has 0 amide bonds. The Balaban J connectivity index is 1.39. The van der Waals surface area contributed by atoms with Gasteiger partial charge in [-0.15, -0.1) is 0 Å². The Morgan fingerprint density at radius 1 is 0.548 bits per heavy atom. The van der Waals surface area contributed by atoms with Gasteiger partial charge in [-0.3, -0.25) is 28.8 Å². The Bertz CT molecular complexity index is 1770. The lowest BCUT2D eigenvalue weighted by atomic mass is 9.97. The monoisotopic (exact) mass is 1040 g/mol. The number of carbonyl (C=O) groups is 7. The number of unbranched alkanes of at least 4 members (excludes halogenated alkanes) is 12. The molecule has 3 fully saturated rings. The smallest absolute Gasteiger partial charge is 0.334 e. The summed E-state index contributed by atoms with van der Waals surface area (Å²) in [4.78, 5) is 85.9. The molecule has 4 heterocycles. The van der Waals surface area contributed by atoms with Crippen LogP contribution >= 0.6 is 0 Å². The van der Waals surface area contributed by atoms with Crippen molar-refractivity contribution in [1.29, 1.82) is 0 Å². The van der Waals surface area contributed by atoms with Gasteiger partial charge in [-0.2, -0.15) is 0 Å². The summed E-state index contributed by atoms with van der Waals surface area (Å²) in [7, 11) is 0. The summed E-state index contributed by atoms with van der Waals surface area (Å²) in [6, 6.07) is 0. The second-order valence-corrected chi connectivity index (χ2v) is 20.4. The van der Waals surface area contributed by atoms with Crippen LogP contribution in [0.2, 0.25) is 0 Å². The molecular weight excluding hydrogens is 949 g/mol. The van der Waals surface area contributed by atoms with Crippen LogP contribution in [0.3, 0.4) is 0 Å². The molecule has 0 bridgehead atoms. The molecule has 0 spiro atoms. The zero-order valence-electron chi connectivity index (χ0n) is 45.1. The van der Waals surface area contributed by atoms with Crippen molar-refractivity contribution in [3.8, 4) is 0 Å². The third-order valence-corrected chi connectivity index (χ3v) is 13.9. The normalized spacial score (nSPS) is 27.0. The van der Waals surface area contributed by atoms with Crippen molar-refractivity contribution >= 4 is 41.8 Å². The van der Waals surface area contributed by atoms with Crippen LogP contribution in [0, 0.1) is 0 Å². The van der Waals surface area contributed by atoms with Crippen molar-refractivity contribution in [1.82, 2.24) is 0 Å². The van der Waals surface area contributed by atoms with E-state index in [-0.39, 0.29) is 54.5 Å². The molecule has 18 heteroatoms. The molecule has 0 aromatic rings. The van der Waals surface area contributed by atoms with Gasteiger partial charge < -0.3 is 52.1 Å². The summed E-state index contributed by atoms with van der Waals surface area (Å²) >= 11 is 0. The van der Waals surface area contributed by atoms with E-state index in [1.807, 2.05) is 13.0 Å². The topological polar surface area (TPSA) is 221 Å². The van der Waals surface area contributed by atoms with Crippen LogP contribution in [0.4, 0.5) is 0 Å². The standard InChI is InChI=1S/C55H88O18/c1-9-10-11-21-25-43(65-37(4)57)26-23-28-45(72-55-53(69-41(8)61)52(68-40(7)60)51(67-39(6)59)50(73-55)34-63-36(3)56)47-30-32-49(71-47)48-31-29-46(70-48)44(66-38(5)58)27-22-19-17-15-13-12-14-16-18-20-24-42-33-35(2)64-54(42)62/h33,35,43-53,55H,9-32,34H2,1-8H3/t35-,43-,44+,45-,46+,47+,48+,49+,50+,51+,52-,53+,55+/m0/s1. The van der Waals surface area contributed by atoms with E-state index in [4.69, 9.17) is 52.1 Å². The quantitative estimate of drug-likeness (QED) is 0.0333. The molecule has 0 radical (unpaired) electrons. The summed E-state index contributed by atoms with van der Waals surface area (Å²) in [5.41, 5.74) is 0.817. The first-order chi connectivity index (χ1) is 34.9. The fraction of sp³-hybridized carbons (Fsp3) is 0.836. The van der Waals surface area contributed by atoms with E-state index in [1.165, 1.54) is 47.0 Å². The van der Waals surface area contributed by atoms with Gasteiger partial charge in [-0.05, 0) is 96.5 Å². The van der Waals surface area contributed by atoms with Crippen molar-refractivity contribution in [3.05, 3.63) is 11.6 Å². The fourth-order valence-electron chi connectivity index (χ4n) is 10.6. The molecule has 0 aliphatic carbocycles. The maximum Gasteiger partial charge on any atom is 0.334 e. The highest BCUT2D eigenvalue weighted by Crippen LogP contribution is 2.38. The number of ether oxygens (including phenoxy) is 11. The van der Waals surface area contributed by atoms with E-state index in [0.29, 0.717) is 57.8 Å². The molecule has 4 rings (SSSR count). The molecule has 4 aliphatic rings. The van der Waals surface area contributed by atoms with Crippen LogP contribution in [-0.2, 0) is 85.7 Å². The Kier molecular flexibility index (Phi) is 27.8. The molecule has 0 aromatic carbocycles. The molecular formula is C55H88O18. The largest absolute Gasteiger partial charge is 0.463 e. The maximum absolute atomic E-state index is 12.7. The van der Waals surface area contributed by atoms with Crippen LogP contribution in [-0.4, -0.2) is 128 Å². The minimum atomic E-state index is -1.41. The first-order valence-corrected chi connectivity index (χ1v) is 27.5. The Labute approximate surface area is 433 Å². The Morgan fingerprint density at radius 2 is 1.05 bits per heavy atom. The first-order valence-electron chi connectivity index (χ1n) is 27.5. The van der Waals surface area contributed by atoms with E-state index in [9.17, 15) is 33.6 Å². The molecule has 0 aromatic heterocycles. The molecule has 73 heavy (non-hydrogen) atoms. The lowest BCUT2D eigenvalue weighted by molar-refractivity contribution is -0.323. The van der Waals surface area contributed by atoms with Crippen molar-refractivity contribution in [2.75, 3.05) is 6.61 Å². The zero-order chi connectivity index (χ0) is 53.3. The van der Waals surface area contributed by atoms with Crippen molar-refractivity contribution in [2.45, 2.75) is 289 Å². The molecule has 0 saturated carbocycles. The van der Waals surface area contributed by atoms with E-state index in [1.54, 1.807) is 0 Å². The average molecular weight is 1040 g/mol. The lowest BCUT2D eigenvalue weighted by Crippen LogP contribution is -2.63. The van der Waals surface area contributed by atoms with Crippen molar-refractivity contribution in [3.63, 3.8) is 0 Å². The SMILES string of the molecule is CCCCCC[C@@H](CCC[C@H](O[C@@H]1O[C@H](COC(C)=O)[C@@H](OC(C)=O)[C@H](OC(C)=O)[C@H]1OC(C)=O)[C@H]1CC[C@H]([C@H]2CC[C@H]([C@@H](CCCCCCCCCCCCC3=C[C@H](C)OC3=O)OC(C)=O)O2)O1)OC(C)=O. The third kappa shape index (κ3) is 22.7. The van der Waals surface area contributed by atoms with E-state index < -0.39 is 73.4 Å². The van der Waals surface area contributed by atoms with Gasteiger partial charge in [0.1, 0.15) is 31.0 Å². The van der Waals surface area contributed by atoms with Gasteiger partial charge in [0.05, 0.1) is 30.5 Å². The number of carbonyl (C=O) groups excluding carboxylic acids is 7. The minimum Gasteiger partial charge on any atom is -0.463 e. The van der Waals surface area contributed by atoms with Gasteiger partial charge in [0.2, 0.25) is 0 Å². The molecule has 4 aliphatic heterocycles. The van der Waals surface area contributed by atoms with Crippen molar-refractivity contribution < 1.29 is 85.7 Å². The lowest BCUT2D eigenvalue weighted by Gasteiger charge is -2.45.